The number of thiazole rings is 1. The number of urea groups is 1. The number of nitrogens with one attached hydrogen (secondary N) is 1. The second-order valence-electron chi connectivity index (χ2n) is 7.60. The molecule has 1 aromatic carbocycles. The monoisotopic (exact) mass is 445 g/mol. The van der Waals surface area contributed by atoms with Gasteiger partial charge in [0.05, 0.1) is 28.7 Å². The minimum atomic E-state index is -4.44. The third-order valence-corrected chi connectivity index (χ3v) is 6.36. The van der Waals surface area contributed by atoms with E-state index in [2.05, 4.69) is 20.2 Å². The van der Waals surface area contributed by atoms with Crippen molar-refractivity contribution in [1.82, 2.24) is 9.97 Å². The number of hydrogen-bond donors (Lipinski definition) is 1. The molecule has 1 atom stereocenters. The van der Waals surface area contributed by atoms with Gasteiger partial charge < -0.3 is 4.90 Å². The Morgan fingerprint density at radius 2 is 2.06 bits per heavy atom. The van der Waals surface area contributed by atoms with Gasteiger partial charge >= 0.3 is 12.2 Å². The molecule has 0 spiro atoms. The molecule has 31 heavy (non-hydrogen) atoms. The lowest BCUT2D eigenvalue weighted by atomic mass is 10.1. The van der Waals surface area contributed by atoms with E-state index in [1.165, 1.54) is 17.4 Å². The second-order valence-corrected chi connectivity index (χ2v) is 8.46. The maximum atomic E-state index is 13.2. The average molecular weight is 445 g/mol. The van der Waals surface area contributed by atoms with Crippen LogP contribution in [0.1, 0.15) is 17.7 Å². The molecule has 5 rings (SSSR count). The van der Waals surface area contributed by atoms with Crippen molar-refractivity contribution in [2.24, 2.45) is 0 Å². The number of rotatable bonds is 2. The molecule has 4 heterocycles. The van der Waals surface area contributed by atoms with Gasteiger partial charge in [0.2, 0.25) is 0 Å². The van der Waals surface area contributed by atoms with E-state index >= 15 is 0 Å². The second kappa shape index (κ2) is 7.23. The summed E-state index contributed by atoms with van der Waals surface area (Å²) in [6.07, 6.45) is -3.65. The lowest BCUT2D eigenvalue weighted by Crippen LogP contribution is -2.48. The molecule has 160 valence electrons. The molecule has 1 fully saturated rings. The fourth-order valence-corrected chi connectivity index (χ4v) is 4.73. The van der Waals surface area contributed by atoms with Crippen LogP contribution in [-0.2, 0) is 6.18 Å². The molecular weight excluding hydrogens is 427 g/mol. The highest BCUT2D eigenvalue weighted by molar-refractivity contribution is 7.13. The van der Waals surface area contributed by atoms with Crippen LogP contribution < -0.4 is 15.1 Å². The summed E-state index contributed by atoms with van der Waals surface area (Å²) in [5.74, 6) is 0.453. The number of carbonyl (C=O) groups is 1. The van der Waals surface area contributed by atoms with Gasteiger partial charge in [0.25, 0.3) is 0 Å². The number of carbonyl (C=O) groups excluding carboxylic acids is 1. The van der Waals surface area contributed by atoms with Crippen LogP contribution in [0.5, 0.6) is 0 Å². The predicted molar refractivity (Wildman–Crippen MR) is 114 cm³/mol. The molecule has 2 aliphatic heterocycles. The average Bonchev–Trinajstić information content (AvgIpc) is 3.34. The maximum absolute atomic E-state index is 13.2. The third-order valence-electron chi connectivity index (χ3n) is 5.49. The van der Waals surface area contributed by atoms with Gasteiger partial charge in [-0.25, -0.2) is 14.8 Å². The van der Waals surface area contributed by atoms with Crippen LogP contribution in [0, 0.1) is 6.92 Å². The van der Waals surface area contributed by atoms with Gasteiger partial charge in [-0.2, -0.15) is 13.2 Å². The summed E-state index contributed by atoms with van der Waals surface area (Å²) in [4.78, 5) is 25.8. The standard InChI is InChI=1S/C21H18F3N5OS/c1-12-11-31-19(25-12)27-20(30)29-15-7-8-28(10-15)17-6-5-16(26-18(17)29)13-3-2-4-14(9-13)21(22,23)24/h2-6,9,11,15H,7-8,10H2,1H3,(H,25,27,30)/t15-/m0/s1. The Balaban J connectivity index is 1.53. The molecule has 0 radical (unpaired) electrons. The zero-order valence-corrected chi connectivity index (χ0v) is 17.3. The molecule has 3 aromatic rings. The van der Waals surface area contributed by atoms with Crippen molar-refractivity contribution in [2.45, 2.75) is 25.6 Å². The van der Waals surface area contributed by atoms with Crippen LogP contribution in [0.2, 0.25) is 0 Å². The van der Waals surface area contributed by atoms with Gasteiger partial charge in [0.15, 0.2) is 10.9 Å². The van der Waals surface area contributed by atoms with Crippen LogP contribution in [0.15, 0.2) is 41.8 Å². The highest BCUT2D eigenvalue weighted by Gasteiger charge is 2.40. The highest BCUT2D eigenvalue weighted by Crippen LogP contribution is 2.41. The van der Waals surface area contributed by atoms with Crippen LogP contribution >= 0.6 is 11.3 Å². The summed E-state index contributed by atoms with van der Waals surface area (Å²) >= 11 is 1.34. The Kier molecular flexibility index (Phi) is 4.62. The molecule has 10 heteroatoms. The molecular formula is C21H18F3N5OS. The van der Waals surface area contributed by atoms with Crippen molar-refractivity contribution in [1.29, 1.82) is 0 Å². The number of fused-ring (bicyclic) bond motifs is 4. The smallest absolute Gasteiger partial charge is 0.366 e. The van der Waals surface area contributed by atoms with Crippen LogP contribution in [0.25, 0.3) is 11.3 Å². The quantitative estimate of drug-likeness (QED) is 0.592. The topological polar surface area (TPSA) is 61.4 Å². The minimum Gasteiger partial charge on any atom is -0.366 e. The number of anilines is 3. The Labute approximate surface area is 180 Å². The van der Waals surface area contributed by atoms with Crippen molar-refractivity contribution in [2.75, 3.05) is 28.2 Å². The Morgan fingerprint density at radius 1 is 1.23 bits per heavy atom. The molecule has 2 amide bonds. The summed E-state index contributed by atoms with van der Waals surface area (Å²) in [7, 11) is 0. The van der Waals surface area contributed by atoms with Gasteiger partial charge in [-0.05, 0) is 37.6 Å². The molecule has 6 nitrogen and oxygen atoms in total. The summed E-state index contributed by atoms with van der Waals surface area (Å²) in [5, 5.41) is 5.18. The largest absolute Gasteiger partial charge is 0.416 e. The predicted octanol–water partition coefficient (Wildman–Crippen LogP) is 5.16. The first kappa shape index (κ1) is 19.8. The first-order valence-corrected chi connectivity index (χ1v) is 10.6. The molecule has 0 unspecified atom stereocenters. The summed E-state index contributed by atoms with van der Waals surface area (Å²) in [5.41, 5.74) is 1.62. The van der Waals surface area contributed by atoms with Crippen molar-refractivity contribution in [3.63, 3.8) is 0 Å². The van der Waals surface area contributed by atoms with Crippen LogP contribution in [0.3, 0.4) is 0 Å². The van der Waals surface area contributed by atoms with Crippen LogP contribution in [0.4, 0.5) is 34.6 Å². The normalized spacial score (nSPS) is 17.6. The Hall–Kier alpha value is -3.14. The zero-order chi connectivity index (χ0) is 21.8. The van der Waals surface area contributed by atoms with Crippen molar-refractivity contribution in [3.8, 4) is 11.3 Å². The number of halogens is 3. The molecule has 1 saturated heterocycles. The summed E-state index contributed by atoms with van der Waals surface area (Å²) in [6, 6.07) is 8.19. The number of hydrogen-bond acceptors (Lipinski definition) is 5. The van der Waals surface area contributed by atoms with E-state index in [0.29, 0.717) is 28.8 Å². The van der Waals surface area contributed by atoms with Crippen molar-refractivity contribution >= 4 is 34.0 Å². The molecule has 2 aromatic heterocycles. The lowest BCUT2D eigenvalue weighted by Gasteiger charge is -2.35. The maximum Gasteiger partial charge on any atom is 0.416 e. The first-order valence-electron chi connectivity index (χ1n) is 9.75. The summed E-state index contributed by atoms with van der Waals surface area (Å²) < 4.78 is 39.5. The van der Waals surface area contributed by atoms with E-state index in [-0.39, 0.29) is 12.1 Å². The minimum absolute atomic E-state index is 0.0576. The van der Waals surface area contributed by atoms with E-state index in [9.17, 15) is 18.0 Å². The molecule has 0 aliphatic carbocycles. The van der Waals surface area contributed by atoms with Crippen LogP contribution in [-0.4, -0.2) is 35.1 Å². The lowest BCUT2D eigenvalue weighted by molar-refractivity contribution is -0.137. The van der Waals surface area contributed by atoms with Gasteiger partial charge in [-0.1, -0.05) is 12.1 Å². The number of alkyl halides is 3. The molecule has 1 N–H and O–H groups in total. The number of amides is 2. The SMILES string of the molecule is Cc1csc(NC(=O)N2c3nc(-c4cccc(C(F)(F)F)c4)ccc3N3CC[C@H]2C3)n1. The number of nitrogens with zero attached hydrogens (tertiary/aromatic N) is 4. The van der Waals surface area contributed by atoms with Gasteiger partial charge in [0, 0.05) is 24.0 Å². The number of benzene rings is 1. The third kappa shape index (κ3) is 3.60. The zero-order valence-electron chi connectivity index (χ0n) is 16.5. The fourth-order valence-electron chi connectivity index (χ4n) is 4.05. The van der Waals surface area contributed by atoms with E-state index in [0.717, 1.165) is 36.5 Å². The molecule has 2 bridgehead atoms. The van der Waals surface area contributed by atoms with Crippen molar-refractivity contribution < 1.29 is 18.0 Å². The van der Waals surface area contributed by atoms with Crippen molar-refractivity contribution in [3.05, 3.63) is 53.0 Å². The van der Waals surface area contributed by atoms with Gasteiger partial charge in [-0.15, -0.1) is 11.3 Å². The fraction of sp³-hybridized carbons (Fsp3) is 0.286. The number of aromatic nitrogens is 2. The van der Waals surface area contributed by atoms with E-state index < -0.39 is 11.7 Å². The van der Waals surface area contributed by atoms with E-state index in [1.807, 2.05) is 18.4 Å². The van der Waals surface area contributed by atoms with Gasteiger partial charge in [0.1, 0.15) is 0 Å². The van der Waals surface area contributed by atoms with Gasteiger partial charge in [-0.3, -0.25) is 10.2 Å². The highest BCUT2D eigenvalue weighted by atomic mass is 32.1. The Bertz CT molecular complexity index is 1160. The number of pyridine rings is 1. The van der Waals surface area contributed by atoms with E-state index in [4.69, 9.17) is 0 Å². The first-order chi connectivity index (χ1) is 14.8. The Morgan fingerprint density at radius 3 is 2.81 bits per heavy atom. The molecule has 0 saturated carbocycles. The molecule has 2 aliphatic rings. The number of aryl methyl sites for hydroxylation is 1. The van der Waals surface area contributed by atoms with E-state index in [1.54, 1.807) is 17.0 Å². The summed E-state index contributed by atoms with van der Waals surface area (Å²) in [6.45, 7) is 3.34.